The highest BCUT2D eigenvalue weighted by Gasteiger charge is 2.64. The average molecular weight is 577 g/mol. The van der Waals surface area contributed by atoms with Crippen molar-refractivity contribution in [1.29, 1.82) is 0 Å². The van der Waals surface area contributed by atoms with E-state index >= 15 is 0 Å². The van der Waals surface area contributed by atoms with E-state index in [1.54, 1.807) is 44.2 Å². The van der Waals surface area contributed by atoms with Crippen molar-refractivity contribution < 1.29 is 42.2 Å². The lowest BCUT2D eigenvalue weighted by molar-refractivity contribution is -0.152. The lowest BCUT2D eigenvalue weighted by Gasteiger charge is -2.34. The summed E-state index contributed by atoms with van der Waals surface area (Å²) in [6.45, 7) is 18.8. The van der Waals surface area contributed by atoms with E-state index in [2.05, 4.69) is 21.8 Å². The van der Waals surface area contributed by atoms with Crippen LogP contribution in [0.25, 0.3) is 4.85 Å². The van der Waals surface area contributed by atoms with Gasteiger partial charge in [-0.25, -0.2) is 11.1 Å². The van der Waals surface area contributed by atoms with Gasteiger partial charge in [-0.05, 0) is 32.9 Å². The number of esters is 2. The standard InChI is InChI=1S/C26H33N4O9P/c1-16(2)36-24(33)17(3)29-40(34,39-20-11-9-8-10-12-20)35-15-21-23(37-19(5)31)26(6,27-7)25(38-21)30-14-13-22(32)28-18(30)4/h8-14,16-17,21,23,25H,4,15H2,1-3,5-6H3,(H,28,32)(H,29,34)/t17-,21+,23+,25+,26+,40+/m0/s1. The molecule has 3 rings (SSSR count). The van der Waals surface area contributed by atoms with E-state index < -0.39 is 68.3 Å². The maximum absolute atomic E-state index is 13.9. The largest absolute Gasteiger partial charge is 0.462 e. The van der Waals surface area contributed by atoms with Gasteiger partial charge in [-0.2, -0.15) is 5.09 Å². The van der Waals surface area contributed by atoms with Gasteiger partial charge in [-0.1, -0.05) is 24.8 Å². The Balaban J connectivity index is 1.89. The van der Waals surface area contributed by atoms with Gasteiger partial charge in [0.05, 0.1) is 12.7 Å². The Kier molecular flexibility index (Phi) is 9.76. The summed E-state index contributed by atoms with van der Waals surface area (Å²) in [6.07, 6.45) is -1.14. The van der Waals surface area contributed by atoms with Crippen LogP contribution in [0.1, 0.15) is 34.6 Å². The summed E-state index contributed by atoms with van der Waals surface area (Å²) in [5.41, 5.74) is -1.50. The molecule has 1 saturated heterocycles. The van der Waals surface area contributed by atoms with Crippen molar-refractivity contribution >= 4 is 25.6 Å². The Morgan fingerprint density at radius 2 is 1.98 bits per heavy atom. The molecule has 0 spiro atoms. The first-order chi connectivity index (χ1) is 18.8. The summed E-state index contributed by atoms with van der Waals surface area (Å²) in [4.78, 5) is 41.3. The maximum Gasteiger partial charge on any atom is 0.459 e. The van der Waals surface area contributed by atoms with Crippen molar-refractivity contribution in [3.63, 3.8) is 0 Å². The van der Waals surface area contributed by atoms with Crippen molar-refractivity contribution in [3.05, 3.63) is 66.4 Å². The van der Waals surface area contributed by atoms with Crippen molar-refractivity contribution in [2.24, 2.45) is 0 Å². The second-order valence-electron chi connectivity index (χ2n) is 9.59. The van der Waals surface area contributed by atoms with E-state index in [4.69, 9.17) is 29.8 Å². The molecule has 2 heterocycles. The lowest BCUT2D eigenvalue weighted by atomic mass is 9.92. The molecule has 1 amide bonds. The number of nitrogens with one attached hydrogen (secondary N) is 2. The number of benzene rings is 1. The minimum absolute atomic E-state index is 0.146. The topological polar surface area (TPSA) is 146 Å². The van der Waals surface area contributed by atoms with Crippen molar-refractivity contribution in [2.45, 2.75) is 70.7 Å². The van der Waals surface area contributed by atoms with Gasteiger partial charge >= 0.3 is 25.2 Å². The van der Waals surface area contributed by atoms with Crippen LogP contribution in [0.3, 0.4) is 0 Å². The highest BCUT2D eigenvalue weighted by Crippen LogP contribution is 2.47. The average Bonchev–Trinajstić information content (AvgIpc) is 3.14. The van der Waals surface area contributed by atoms with Gasteiger partial charge in [0, 0.05) is 26.1 Å². The highest BCUT2D eigenvalue weighted by molar-refractivity contribution is 7.52. The summed E-state index contributed by atoms with van der Waals surface area (Å²) in [5, 5.41) is 5.11. The summed E-state index contributed by atoms with van der Waals surface area (Å²) in [5.74, 6) is -1.42. The molecule has 1 aromatic rings. The van der Waals surface area contributed by atoms with Crippen LogP contribution in [-0.2, 0) is 37.7 Å². The molecule has 0 unspecified atom stereocenters. The highest BCUT2D eigenvalue weighted by atomic mass is 31.2. The molecule has 2 N–H and O–H groups in total. The van der Waals surface area contributed by atoms with E-state index in [0.29, 0.717) is 0 Å². The number of ether oxygens (including phenoxy) is 3. The number of hydrogen-bond donors (Lipinski definition) is 2. The predicted molar refractivity (Wildman–Crippen MR) is 142 cm³/mol. The molecule has 40 heavy (non-hydrogen) atoms. The summed E-state index contributed by atoms with van der Waals surface area (Å²) in [7, 11) is -4.28. The van der Waals surface area contributed by atoms with E-state index in [0.717, 1.165) is 0 Å². The Hall–Kier alpha value is -3.69. The van der Waals surface area contributed by atoms with Crippen molar-refractivity contribution in [2.75, 3.05) is 6.61 Å². The second kappa shape index (κ2) is 12.7. The number of nitrogens with zero attached hydrogens (tertiary/aromatic N) is 2. The molecule has 0 saturated carbocycles. The zero-order valence-electron chi connectivity index (χ0n) is 22.9. The number of amides is 1. The number of hydrogen-bond acceptors (Lipinski definition) is 10. The number of carbonyl (C=O) groups is 3. The molecule has 1 fully saturated rings. The third-order valence-electron chi connectivity index (χ3n) is 5.90. The third kappa shape index (κ3) is 7.28. The molecule has 6 atom stereocenters. The van der Waals surface area contributed by atoms with Crippen LogP contribution in [-0.4, -0.2) is 65.5 Å². The predicted octanol–water partition coefficient (Wildman–Crippen LogP) is 2.87. The molecule has 2 aliphatic heterocycles. The van der Waals surface area contributed by atoms with Gasteiger partial charge in [0.1, 0.15) is 23.7 Å². The molecule has 14 heteroatoms. The Bertz CT molecular complexity index is 1250. The first-order valence-electron chi connectivity index (χ1n) is 12.4. The molecule has 2 aliphatic rings. The van der Waals surface area contributed by atoms with E-state index in [9.17, 15) is 18.9 Å². The number of carbonyl (C=O) groups excluding carboxylic acids is 3. The van der Waals surface area contributed by atoms with Crippen LogP contribution in [0.15, 0.2) is 55.0 Å². The Morgan fingerprint density at radius 3 is 2.55 bits per heavy atom. The van der Waals surface area contributed by atoms with E-state index in [1.165, 1.54) is 37.9 Å². The monoisotopic (exact) mass is 576 g/mol. The van der Waals surface area contributed by atoms with Crippen molar-refractivity contribution in [1.82, 2.24) is 15.3 Å². The van der Waals surface area contributed by atoms with Crippen molar-refractivity contribution in [3.8, 4) is 5.75 Å². The van der Waals surface area contributed by atoms with Crippen LogP contribution >= 0.6 is 7.75 Å². The van der Waals surface area contributed by atoms with E-state index in [1.807, 2.05) is 0 Å². The molecule has 0 aromatic heterocycles. The molecule has 0 aliphatic carbocycles. The second-order valence-corrected chi connectivity index (χ2v) is 11.3. The summed E-state index contributed by atoms with van der Waals surface area (Å²) >= 11 is 0. The molecule has 216 valence electrons. The van der Waals surface area contributed by atoms with Gasteiger partial charge in [0.15, 0.2) is 0 Å². The lowest BCUT2D eigenvalue weighted by Crippen LogP contribution is -2.53. The van der Waals surface area contributed by atoms with Crippen LogP contribution in [0, 0.1) is 6.57 Å². The Morgan fingerprint density at radius 1 is 1.30 bits per heavy atom. The smallest absolute Gasteiger partial charge is 0.459 e. The summed E-state index contributed by atoms with van der Waals surface area (Å²) in [6, 6.07) is 7.08. The fourth-order valence-electron chi connectivity index (χ4n) is 4.07. The third-order valence-corrected chi connectivity index (χ3v) is 7.55. The van der Waals surface area contributed by atoms with E-state index in [-0.39, 0.29) is 11.6 Å². The number of para-hydroxylation sites is 1. The molecular weight excluding hydrogens is 543 g/mol. The Labute approximate surface area is 232 Å². The van der Waals surface area contributed by atoms with Crippen LogP contribution < -0.4 is 14.9 Å². The molecule has 1 aromatic carbocycles. The zero-order valence-corrected chi connectivity index (χ0v) is 23.8. The SMILES string of the molecule is [C-]#[N+][C@]1(C)[C@H](OC(C)=O)[C@@H](CO[P@](=O)(N[C@@H](C)C(=O)OC(C)C)Oc2ccccc2)O[C@H]1N1C=CC(=O)NC1=C. The van der Waals surface area contributed by atoms with Gasteiger partial charge in [-0.3, -0.25) is 18.9 Å². The first-order valence-corrected chi connectivity index (χ1v) is 14.0. The first kappa shape index (κ1) is 30.8. The minimum Gasteiger partial charge on any atom is -0.462 e. The minimum atomic E-state index is -4.28. The molecule has 13 nitrogen and oxygen atoms in total. The zero-order chi connectivity index (χ0) is 29.7. The quantitative estimate of drug-likeness (QED) is 0.228. The van der Waals surface area contributed by atoms with Gasteiger partial charge in [0.25, 0.3) is 5.91 Å². The van der Waals surface area contributed by atoms with Crippen LogP contribution in [0.5, 0.6) is 5.75 Å². The summed E-state index contributed by atoms with van der Waals surface area (Å²) < 4.78 is 42.1. The number of rotatable bonds is 11. The fourth-order valence-corrected chi connectivity index (χ4v) is 5.57. The normalized spacial score (nSPS) is 26.4. The van der Waals surface area contributed by atoms with Crippen LogP contribution in [0.4, 0.5) is 0 Å². The molecule has 0 radical (unpaired) electrons. The fraction of sp³-hybridized carbons (Fsp3) is 0.462. The molecule has 0 bridgehead atoms. The van der Waals surface area contributed by atoms with Crippen LogP contribution in [0.2, 0.25) is 0 Å². The molecular formula is C26H33N4O9P. The van der Waals surface area contributed by atoms with Gasteiger partial charge in [0.2, 0.25) is 12.3 Å². The van der Waals surface area contributed by atoms with Gasteiger partial charge in [-0.15, -0.1) is 0 Å². The van der Waals surface area contributed by atoms with Gasteiger partial charge < -0.3 is 33.8 Å². The maximum atomic E-state index is 13.9.